The predicted molar refractivity (Wildman–Crippen MR) is 130 cm³/mol. The summed E-state index contributed by atoms with van der Waals surface area (Å²) >= 11 is 12.3. The molecule has 2 aromatic heterocycles. The fraction of sp³-hybridized carbons (Fsp3) is 0.240. The number of benzene rings is 2. The lowest BCUT2D eigenvalue weighted by atomic mass is 10.0. The van der Waals surface area contributed by atoms with Crippen molar-refractivity contribution >= 4 is 40.1 Å². The summed E-state index contributed by atoms with van der Waals surface area (Å²) < 4.78 is 17.1. The molecule has 0 aliphatic rings. The van der Waals surface area contributed by atoms with Crippen LogP contribution in [0.3, 0.4) is 0 Å². The van der Waals surface area contributed by atoms with Gasteiger partial charge in [-0.25, -0.2) is 9.78 Å². The van der Waals surface area contributed by atoms with Crippen molar-refractivity contribution in [2.45, 2.75) is 39.2 Å². The molecule has 0 aliphatic carbocycles. The molecular formula is C25H22Cl2N2O5. The van der Waals surface area contributed by atoms with Gasteiger partial charge in [-0.15, -0.1) is 0 Å². The highest BCUT2D eigenvalue weighted by molar-refractivity contribution is 6.33. The van der Waals surface area contributed by atoms with Gasteiger partial charge in [0.1, 0.15) is 17.2 Å². The maximum atomic E-state index is 11.5. The molecule has 0 atom stereocenters. The van der Waals surface area contributed by atoms with Gasteiger partial charge in [0.2, 0.25) is 5.88 Å². The first-order valence-corrected chi connectivity index (χ1v) is 11.4. The van der Waals surface area contributed by atoms with E-state index in [0.29, 0.717) is 39.7 Å². The fourth-order valence-corrected chi connectivity index (χ4v) is 3.65. The maximum absolute atomic E-state index is 11.5. The van der Waals surface area contributed by atoms with E-state index in [4.69, 9.17) is 42.2 Å². The summed E-state index contributed by atoms with van der Waals surface area (Å²) in [5.74, 6) is 0.174. The van der Waals surface area contributed by atoms with Crippen LogP contribution in [0.2, 0.25) is 10.0 Å². The van der Waals surface area contributed by atoms with E-state index in [1.54, 1.807) is 42.5 Å². The summed E-state index contributed by atoms with van der Waals surface area (Å²) in [6.07, 6.45) is 1.54. The number of hydrogen-bond donors (Lipinski definition) is 1. The number of hydrogen-bond acceptors (Lipinski definition) is 6. The van der Waals surface area contributed by atoms with Crippen molar-refractivity contribution in [3.63, 3.8) is 0 Å². The number of fused-ring (bicyclic) bond motifs is 1. The molecular weight excluding hydrogens is 479 g/mol. The molecule has 0 saturated heterocycles. The van der Waals surface area contributed by atoms with Gasteiger partial charge >= 0.3 is 5.97 Å². The first-order valence-electron chi connectivity index (χ1n) is 10.6. The minimum absolute atomic E-state index is 0.221. The number of nitrogens with zero attached hydrogens (tertiary/aromatic N) is 2. The standard InChI is InChI=1S/C25H22Cl2N2O5/c1-4-5-19-16(10-11-22(28-19)32-15-8-6-14(26)7-9-15)23-17-12-21(33-25(2,3)24(30)31)18(27)13-20(17)34-29-23/h6-13H,4-5H2,1-3H3,(H,30,31). The van der Waals surface area contributed by atoms with Gasteiger partial charge in [0.05, 0.1) is 16.1 Å². The lowest BCUT2D eigenvalue weighted by Crippen LogP contribution is -2.37. The second-order valence-electron chi connectivity index (χ2n) is 8.18. The molecule has 176 valence electrons. The van der Waals surface area contributed by atoms with Gasteiger partial charge in [0.15, 0.2) is 11.2 Å². The monoisotopic (exact) mass is 500 g/mol. The number of carboxylic acids is 1. The van der Waals surface area contributed by atoms with Crippen LogP contribution >= 0.6 is 23.2 Å². The highest BCUT2D eigenvalue weighted by atomic mass is 35.5. The number of pyridine rings is 1. The van der Waals surface area contributed by atoms with Crippen LogP contribution in [0.1, 0.15) is 32.9 Å². The molecule has 1 N–H and O–H groups in total. The molecule has 34 heavy (non-hydrogen) atoms. The maximum Gasteiger partial charge on any atom is 0.347 e. The van der Waals surface area contributed by atoms with Gasteiger partial charge in [-0.1, -0.05) is 41.7 Å². The van der Waals surface area contributed by atoms with Crippen molar-refractivity contribution in [1.82, 2.24) is 10.1 Å². The van der Waals surface area contributed by atoms with Crippen LogP contribution in [0.5, 0.6) is 17.4 Å². The lowest BCUT2D eigenvalue weighted by Gasteiger charge is -2.22. The molecule has 2 aromatic carbocycles. The summed E-state index contributed by atoms with van der Waals surface area (Å²) in [5, 5.41) is 15.1. The van der Waals surface area contributed by atoms with E-state index in [-0.39, 0.29) is 10.8 Å². The molecule has 0 fully saturated rings. The molecule has 0 amide bonds. The third-order valence-electron chi connectivity index (χ3n) is 5.13. The predicted octanol–water partition coefficient (Wildman–Crippen LogP) is 7.18. The van der Waals surface area contributed by atoms with Gasteiger partial charge in [-0.2, -0.15) is 0 Å². The van der Waals surface area contributed by atoms with Crippen molar-refractivity contribution < 1.29 is 23.9 Å². The summed E-state index contributed by atoms with van der Waals surface area (Å²) in [5.41, 5.74) is 1.09. The number of aryl methyl sites for hydroxylation is 1. The molecule has 0 spiro atoms. The summed E-state index contributed by atoms with van der Waals surface area (Å²) in [6.45, 7) is 4.96. The number of carboxylic acid groups (broad SMARTS) is 1. The normalized spacial score (nSPS) is 11.6. The number of aromatic nitrogens is 2. The van der Waals surface area contributed by atoms with E-state index in [9.17, 15) is 9.90 Å². The Morgan fingerprint density at radius 3 is 2.53 bits per heavy atom. The smallest absolute Gasteiger partial charge is 0.347 e. The number of halogens is 2. The zero-order chi connectivity index (χ0) is 24.5. The van der Waals surface area contributed by atoms with Crippen molar-refractivity contribution in [1.29, 1.82) is 0 Å². The average Bonchev–Trinajstić information content (AvgIpc) is 3.18. The quantitative estimate of drug-likeness (QED) is 0.273. The Morgan fingerprint density at radius 1 is 1.12 bits per heavy atom. The number of aliphatic carboxylic acids is 1. The Labute approximate surface area is 206 Å². The minimum atomic E-state index is -1.47. The molecule has 0 aliphatic heterocycles. The van der Waals surface area contributed by atoms with E-state index in [0.717, 1.165) is 17.7 Å². The van der Waals surface area contributed by atoms with Crippen LogP contribution in [0.25, 0.3) is 22.2 Å². The Morgan fingerprint density at radius 2 is 1.85 bits per heavy atom. The molecule has 0 unspecified atom stereocenters. The fourth-order valence-electron chi connectivity index (χ4n) is 3.34. The largest absolute Gasteiger partial charge is 0.478 e. The zero-order valence-corrected chi connectivity index (χ0v) is 20.3. The van der Waals surface area contributed by atoms with Crippen molar-refractivity contribution in [3.05, 3.63) is 64.3 Å². The van der Waals surface area contributed by atoms with Crippen molar-refractivity contribution in [2.24, 2.45) is 0 Å². The third kappa shape index (κ3) is 4.95. The molecule has 7 nitrogen and oxygen atoms in total. The summed E-state index contributed by atoms with van der Waals surface area (Å²) in [4.78, 5) is 16.2. The molecule has 0 bridgehead atoms. The minimum Gasteiger partial charge on any atom is -0.478 e. The molecule has 9 heteroatoms. The van der Waals surface area contributed by atoms with Crippen LogP contribution < -0.4 is 9.47 Å². The Balaban J connectivity index is 1.74. The van der Waals surface area contributed by atoms with Crippen molar-refractivity contribution in [2.75, 3.05) is 0 Å². The first kappa shape index (κ1) is 23.9. The molecule has 0 saturated carbocycles. The van der Waals surface area contributed by atoms with Crippen LogP contribution in [-0.4, -0.2) is 26.8 Å². The molecule has 2 heterocycles. The van der Waals surface area contributed by atoms with Gasteiger partial charge < -0.3 is 19.1 Å². The van der Waals surface area contributed by atoms with Crippen LogP contribution in [0.15, 0.2) is 53.1 Å². The van der Waals surface area contributed by atoms with Gasteiger partial charge in [-0.05, 0) is 56.7 Å². The molecule has 0 radical (unpaired) electrons. The van der Waals surface area contributed by atoms with Crippen molar-refractivity contribution in [3.8, 4) is 28.6 Å². The molecule has 4 aromatic rings. The highest BCUT2D eigenvalue weighted by Crippen LogP contribution is 2.38. The SMILES string of the molecule is CCCc1nc(Oc2ccc(Cl)cc2)ccc1-c1noc2cc(Cl)c(OC(C)(C)C(=O)O)cc12. The topological polar surface area (TPSA) is 94.7 Å². The average molecular weight is 501 g/mol. The van der Waals surface area contributed by atoms with E-state index in [2.05, 4.69) is 12.1 Å². The second kappa shape index (κ2) is 9.52. The first-order chi connectivity index (χ1) is 16.2. The Hall–Kier alpha value is -3.29. The van der Waals surface area contributed by atoms with E-state index in [1.807, 2.05) is 6.07 Å². The van der Waals surface area contributed by atoms with Crippen LogP contribution in [0, 0.1) is 0 Å². The number of rotatable bonds is 8. The Kier molecular flexibility index (Phi) is 6.68. The van der Waals surface area contributed by atoms with Crippen LogP contribution in [0.4, 0.5) is 0 Å². The van der Waals surface area contributed by atoms with Crippen LogP contribution in [-0.2, 0) is 11.2 Å². The summed E-state index contributed by atoms with van der Waals surface area (Å²) in [7, 11) is 0. The second-order valence-corrected chi connectivity index (χ2v) is 9.02. The third-order valence-corrected chi connectivity index (χ3v) is 5.68. The number of carbonyl (C=O) groups is 1. The number of ether oxygens (including phenoxy) is 2. The van der Waals surface area contributed by atoms with E-state index in [1.165, 1.54) is 13.8 Å². The van der Waals surface area contributed by atoms with Gasteiger partial charge in [0, 0.05) is 22.7 Å². The highest BCUT2D eigenvalue weighted by Gasteiger charge is 2.31. The summed E-state index contributed by atoms with van der Waals surface area (Å²) in [6, 6.07) is 13.9. The van der Waals surface area contributed by atoms with E-state index < -0.39 is 11.6 Å². The van der Waals surface area contributed by atoms with Gasteiger partial charge in [-0.3, -0.25) is 0 Å². The molecule has 4 rings (SSSR count). The zero-order valence-electron chi connectivity index (χ0n) is 18.8. The van der Waals surface area contributed by atoms with E-state index >= 15 is 0 Å². The lowest BCUT2D eigenvalue weighted by molar-refractivity contribution is -0.152. The van der Waals surface area contributed by atoms with Gasteiger partial charge in [0.25, 0.3) is 0 Å². The Bertz CT molecular complexity index is 1350.